The zero-order valence-corrected chi connectivity index (χ0v) is 12.7. The van der Waals surface area contributed by atoms with Crippen molar-refractivity contribution in [3.63, 3.8) is 0 Å². The lowest BCUT2D eigenvalue weighted by atomic mass is 10.1. The summed E-state index contributed by atoms with van der Waals surface area (Å²) in [4.78, 5) is 19.7. The predicted octanol–water partition coefficient (Wildman–Crippen LogP) is 2.77. The minimum absolute atomic E-state index is 0.00487. The van der Waals surface area contributed by atoms with E-state index in [0.29, 0.717) is 12.1 Å². The number of nitrogens with zero attached hydrogens (tertiary/aromatic N) is 2. The fourth-order valence-corrected chi connectivity index (χ4v) is 1.89. The van der Waals surface area contributed by atoms with E-state index in [1.165, 1.54) is 6.07 Å². The van der Waals surface area contributed by atoms with Gasteiger partial charge in [0.25, 0.3) is 5.91 Å². The number of alkyl halides is 3. The van der Waals surface area contributed by atoms with Crippen molar-refractivity contribution in [1.82, 2.24) is 10.3 Å². The molecule has 0 unspecified atom stereocenters. The molecule has 0 spiro atoms. The van der Waals surface area contributed by atoms with Crippen LogP contribution < -0.4 is 14.9 Å². The molecule has 1 aromatic carbocycles. The van der Waals surface area contributed by atoms with E-state index >= 15 is 0 Å². The van der Waals surface area contributed by atoms with Gasteiger partial charge in [-0.15, -0.1) is 13.2 Å². The van der Waals surface area contributed by atoms with Gasteiger partial charge in [0.1, 0.15) is 11.8 Å². The van der Waals surface area contributed by atoms with Crippen LogP contribution in [0, 0.1) is 17.1 Å². The summed E-state index contributed by atoms with van der Waals surface area (Å²) in [6.45, 7) is -0.228. The summed E-state index contributed by atoms with van der Waals surface area (Å²) in [6, 6.07) is 5.18. The summed E-state index contributed by atoms with van der Waals surface area (Å²) < 4.78 is 53.4. The third-order valence-corrected chi connectivity index (χ3v) is 3.02. The molecule has 1 heterocycles. The van der Waals surface area contributed by atoms with Gasteiger partial charge in [0.15, 0.2) is 17.3 Å². The third kappa shape index (κ3) is 4.81. The van der Waals surface area contributed by atoms with Crippen LogP contribution >= 0.6 is 0 Å². The van der Waals surface area contributed by atoms with Crippen molar-refractivity contribution in [1.29, 1.82) is 5.26 Å². The van der Waals surface area contributed by atoms with Gasteiger partial charge in [0.2, 0.25) is 0 Å². The van der Waals surface area contributed by atoms with E-state index in [0.717, 1.165) is 12.3 Å². The molecule has 2 N–H and O–H groups in total. The molecule has 26 heavy (non-hydrogen) atoms. The van der Waals surface area contributed by atoms with Crippen molar-refractivity contribution in [2.24, 2.45) is 0 Å². The number of hydrogen-bond acceptors (Lipinski definition) is 6. The lowest BCUT2D eigenvalue weighted by molar-refractivity contribution is -0.275. The molecule has 136 valence electrons. The fraction of sp³-hybridized carbons (Fsp3) is 0.133. The number of ether oxygens (including phenoxy) is 1. The summed E-state index contributed by atoms with van der Waals surface area (Å²) >= 11 is 0. The number of pyridine rings is 1. The smallest absolute Gasteiger partial charge is 0.403 e. The first-order valence-electron chi connectivity index (χ1n) is 6.77. The van der Waals surface area contributed by atoms with Crippen molar-refractivity contribution in [3.05, 3.63) is 53.1 Å². The Bertz CT molecular complexity index is 865. The molecule has 11 heteroatoms. The molecular formula is C15H9F4N3O4. The van der Waals surface area contributed by atoms with Crippen LogP contribution in [0.1, 0.15) is 21.6 Å². The fourth-order valence-electron chi connectivity index (χ4n) is 1.89. The summed E-state index contributed by atoms with van der Waals surface area (Å²) in [5.41, 5.74) is -0.0716. The van der Waals surface area contributed by atoms with Gasteiger partial charge in [-0.05, 0) is 24.3 Å². The van der Waals surface area contributed by atoms with Crippen LogP contribution in [0.4, 0.5) is 17.6 Å². The Kier molecular flexibility index (Phi) is 5.58. The summed E-state index contributed by atoms with van der Waals surface area (Å²) in [5, 5.41) is 19.9. The molecule has 1 amide bonds. The van der Waals surface area contributed by atoms with E-state index in [1.54, 1.807) is 6.07 Å². The molecule has 0 aliphatic heterocycles. The Morgan fingerprint density at radius 3 is 2.62 bits per heavy atom. The van der Waals surface area contributed by atoms with Crippen LogP contribution in [0.25, 0.3) is 0 Å². The first-order chi connectivity index (χ1) is 12.2. The van der Waals surface area contributed by atoms with E-state index in [4.69, 9.17) is 10.5 Å². The molecule has 0 radical (unpaired) electrons. The van der Waals surface area contributed by atoms with Crippen molar-refractivity contribution >= 4 is 5.91 Å². The molecule has 7 nitrogen and oxygen atoms in total. The number of amides is 1. The van der Waals surface area contributed by atoms with Crippen LogP contribution in [-0.4, -0.2) is 22.5 Å². The average molecular weight is 371 g/mol. The number of nitrogens with one attached hydrogen (secondary N) is 1. The van der Waals surface area contributed by atoms with Crippen LogP contribution in [-0.2, 0) is 6.54 Å². The van der Waals surface area contributed by atoms with Crippen molar-refractivity contribution in [3.8, 4) is 17.6 Å². The summed E-state index contributed by atoms with van der Waals surface area (Å²) in [7, 11) is 0. The highest BCUT2D eigenvalue weighted by Crippen LogP contribution is 2.26. The van der Waals surface area contributed by atoms with Gasteiger partial charge in [0.05, 0.1) is 6.20 Å². The van der Waals surface area contributed by atoms with E-state index in [1.807, 2.05) is 0 Å². The maximum absolute atomic E-state index is 13.6. The number of hydrogen-bond donors (Lipinski definition) is 2. The minimum Gasteiger partial charge on any atom is -0.403 e. The Balaban J connectivity index is 2.11. The van der Waals surface area contributed by atoms with Crippen LogP contribution in [0.2, 0.25) is 0 Å². The number of carbonyl (C=O) groups is 1. The first-order valence-corrected chi connectivity index (χ1v) is 6.77. The van der Waals surface area contributed by atoms with Gasteiger partial charge in [-0.25, -0.2) is 14.6 Å². The van der Waals surface area contributed by atoms with Crippen LogP contribution in [0.15, 0.2) is 30.5 Å². The molecule has 0 aliphatic rings. The Labute approximate surface area is 143 Å². The lowest BCUT2D eigenvalue weighted by Crippen LogP contribution is -2.23. The Hall–Kier alpha value is -3.39. The number of rotatable bonds is 5. The predicted molar refractivity (Wildman–Crippen MR) is 76.5 cm³/mol. The van der Waals surface area contributed by atoms with E-state index in [-0.39, 0.29) is 29.1 Å². The summed E-state index contributed by atoms with van der Waals surface area (Å²) in [6.07, 6.45) is -4.01. The van der Waals surface area contributed by atoms with Gasteiger partial charge in [-0.2, -0.15) is 5.26 Å². The molecule has 0 fully saturated rings. The highest BCUT2D eigenvalue weighted by Gasteiger charge is 2.32. The first kappa shape index (κ1) is 18.9. The zero-order valence-electron chi connectivity index (χ0n) is 12.7. The second-order valence-electron chi connectivity index (χ2n) is 4.76. The van der Waals surface area contributed by atoms with E-state index < -0.39 is 23.8 Å². The highest BCUT2D eigenvalue weighted by atomic mass is 19.4. The topological polar surface area (TPSA) is 104 Å². The zero-order chi connectivity index (χ0) is 19.3. The highest BCUT2D eigenvalue weighted by molar-refractivity contribution is 5.94. The lowest BCUT2D eigenvalue weighted by Gasteiger charge is -2.11. The molecule has 0 atom stereocenters. The van der Waals surface area contributed by atoms with Crippen molar-refractivity contribution in [2.75, 3.05) is 0 Å². The monoisotopic (exact) mass is 371 g/mol. The standard InChI is InChI=1S/C15H9F4N3O4/c16-11-4-8(1-2-12(11)25-15(17,18)19)14(23)22-6-9-3-10(5-20)21-7-13(9)26-24/h1-4,7,24H,6H2,(H,22,23). The molecule has 0 aliphatic carbocycles. The Morgan fingerprint density at radius 1 is 1.31 bits per heavy atom. The second kappa shape index (κ2) is 7.66. The number of carbonyl (C=O) groups excluding carboxylic acids is 1. The van der Waals surface area contributed by atoms with E-state index in [2.05, 4.69) is 19.9 Å². The molecular weight excluding hydrogens is 362 g/mol. The van der Waals surface area contributed by atoms with Crippen LogP contribution in [0.5, 0.6) is 11.5 Å². The average Bonchev–Trinajstić information content (AvgIpc) is 2.59. The SMILES string of the molecule is N#Cc1cc(CNC(=O)c2ccc(OC(F)(F)F)c(F)c2)c(OO)cn1. The van der Waals surface area contributed by atoms with Crippen molar-refractivity contribution < 1.29 is 37.2 Å². The van der Waals surface area contributed by atoms with Crippen LogP contribution in [0.3, 0.4) is 0 Å². The quantitative estimate of drug-likeness (QED) is 0.476. The summed E-state index contributed by atoms with van der Waals surface area (Å²) in [5.74, 6) is -3.38. The molecule has 1 aromatic heterocycles. The minimum atomic E-state index is -5.06. The number of aromatic nitrogens is 1. The second-order valence-corrected chi connectivity index (χ2v) is 4.76. The maximum Gasteiger partial charge on any atom is 0.573 e. The van der Waals surface area contributed by atoms with Crippen molar-refractivity contribution in [2.45, 2.75) is 12.9 Å². The molecule has 2 rings (SSSR count). The molecule has 0 saturated carbocycles. The number of nitriles is 1. The number of halogens is 4. The van der Waals surface area contributed by atoms with Gasteiger partial charge < -0.3 is 14.9 Å². The van der Waals surface area contributed by atoms with Gasteiger partial charge in [-0.3, -0.25) is 4.79 Å². The van der Waals surface area contributed by atoms with Gasteiger partial charge >= 0.3 is 6.36 Å². The normalized spacial score (nSPS) is 10.8. The molecule has 0 bridgehead atoms. The maximum atomic E-state index is 13.6. The van der Waals surface area contributed by atoms with Gasteiger partial charge in [0, 0.05) is 17.7 Å². The number of benzene rings is 1. The molecule has 0 saturated heterocycles. The third-order valence-electron chi connectivity index (χ3n) is 3.02. The van der Waals surface area contributed by atoms with Gasteiger partial charge in [-0.1, -0.05) is 0 Å². The Morgan fingerprint density at radius 2 is 2.04 bits per heavy atom. The van der Waals surface area contributed by atoms with E-state index in [9.17, 15) is 22.4 Å². The molecule has 2 aromatic rings. The largest absolute Gasteiger partial charge is 0.573 e.